The van der Waals surface area contributed by atoms with Crippen LogP contribution in [0.3, 0.4) is 0 Å². The highest BCUT2D eigenvalue weighted by atomic mass is 19.3. The third-order valence-electron chi connectivity index (χ3n) is 6.23. The third-order valence-corrected chi connectivity index (χ3v) is 6.23. The van der Waals surface area contributed by atoms with Gasteiger partial charge in [-0.25, -0.2) is 4.79 Å². The Labute approximate surface area is 194 Å². The first-order valence-electron chi connectivity index (χ1n) is 10.7. The third kappa shape index (κ3) is 3.85. The molecule has 8 heteroatoms. The average Bonchev–Trinajstić information content (AvgIpc) is 3.57. The Balaban J connectivity index is 1.40. The Morgan fingerprint density at radius 3 is 2.47 bits per heavy atom. The largest absolute Gasteiger partial charge is 0.586 e. The molecule has 5 rings (SSSR count). The van der Waals surface area contributed by atoms with Crippen molar-refractivity contribution < 1.29 is 32.6 Å². The number of alkyl halides is 2. The number of carbonyl (C=O) groups excluding carboxylic acids is 2. The molecular weight excluding hydrogens is 444 g/mol. The molecule has 1 aliphatic carbocycles. The smallest absolute Gasteiger partial charge is 0.465 e. The van der Waals surface area contributed by atoms with Crippen LogP contribution in [0.15, 0.2) is 60.7 Å². The fourth-order valence-electron chi connectivity index (χ4n) is 4.21. The highest BCUT2D eigenvalue weighted by Gasteiger charge is 2.52. The number of aryl methyl sites for hydroxylation is 1. The number of ether oxygens (including phenoxy) is 3. The maximum absolute atomic E-state index is 13.4. The van der Waals surface area contributed by atoms with E-state index in [9.17, 15) is 18.4 Å². The van der Waals surface area contributed by atoms with Crippen LogP contribution in [0.1, 0.15) is 34.3 Å². The molecule has 1 fully saturated rings. The highest BCUT2D eigenvalue weighted by molar-refractivity contribution is 6.02. The number of esters is 1. The van der Waals surface area contributed by atoms with Crippen LogP contribution in [0.2, 0.25) is 0 Å². The van der Waals surface area contributed by atoms with Gasteiger partial charge in [0.05, 0.1) is 18.1 Å². The number of carbonyl (C=O) groups is 2. The Hall–Kier alpha value is -3.94. The maximum Gasteiger partial charge on any atom is 0.586 e. The van der Waals surface area contributed by atoms with E-state index in [1.165, 1.54) is 19.2 Å². The minimum atomic E-state index is -3.70. The second-order valence-electron chi connectivity index (χ2n) is 8.47. The van der Waals surface area contributed by atoms with Gasteiger partial charge in [-0.3, -0.25) is 4.79 Å². The van der Waals surface area contributed by atoms with Gasteiger partial charge in [0.2, 0.25) is 5.91 Å². The molecule has 0 aromatic heterocycles. The summed E-state index contributed by atoms with van der Waals surface area (Å²) in [5.74, 6) is -0.788. The van der Waals surface area contributed by atoms with Crippen LogP contribution in [0.4, 0.5) is 14.5 Å². The van der Waals surface area contributed by atoms with Crippen LogP contribution in [0.25, 0.3) is 11.1 Å². The summed E-state index contributed by atoms with van der Waals surface area (Å²) < 4.78 is 40.6. The van der Waals surface area contributed by atoms with Crippen molar-refractivity contribution in [2.75, 3.05) is 12.4 Å². The van der Waals surface area contributed by atoms with Crippen LogP contribution in [0, 0.1) is 6.92 Å². The summed E-state index contributed by atoms with van der Waals surface area (Å²) in [4.78, 5) is 25.2. The summed E-state index contributed by atoms with van der Waals surface area (Å²) in [6, 6.07) is 17.1. The molecule has 34 heavy (non-hydrogen) atoms. The summed E-state index contributed by atoms with van der Waals surface area (Å²) in [7, 11) is 1.33. The zero-order valence-corrected chi connectivity index (χ0v) is 18.5. The fourth-order valence-corrected chi connectivity index (χ4v) is 4.21. The molecule has 0 radical (unpaired) electrons. The molecule has 0 bridgehead atoms. The lowest BCUT2D eigenvalue weighted by Gasteiger charge is -2.17. The molecule has 3 aromatic carbocycles. The minimum Gasteiger partial charge on any atom is -0.465 e. The number of anilines is 1. The van der Waals surface area contributed by atoms with E-state index in [4.69, 9.17) is 4.74 Å². The molecule has 1 amide bonds. The lowest BCUT2D eigenvalue weighted by molar-refractivity contribution is -0.286. The van der Waals surface area contributed by atoms with E-state index in [0.29, 0.717) is 29.7 Å². The molecular formula is C26H21F2NO5. The van der Waals surface area contributed by atoms with Gasteiger partial charge >= 0.3 is 12.3 Å². The van der Waals surface area contributed by atoms with Gasteiger partial charge in [0.15, 0.2) is 11.5 Å². The van der Waals surface area contributed by atoms with Crippen molar-refractivity contribution in [1.82, 2.24) is 0 Å². The molecule has 1 N–H and O–H groups in total. The van der Waals surface area contributed by atoms with Gasteiger partial charge in [-0.2, -0.15) is 0 Å². The van der Waals surface area contributed by atoms with E-state index in [2.05, 4.69) is 14.8 Å². The lowest BCUT2D eigenvalue weighted by Crippen LogP contribution is -2.28. The van der Waals surface area contributed by atoms with Gasteiger partial charge in [-0.15, -0.1) is 8.78 Å². The number of rotatable bonds is 5. The van der Waals surface area contributed by atoms with Gasteiger partial charge in [0.25, 0.3) is 0 Å². The molecule has 1 aliphatic heterocycles. The molecule has 0 saturated heterocycles. The molecule has 2 aliphatic rings. The zero-order chi connectivity index (χ0) is 24.1. The number of halogens is 2. The van der Waals surface area contributed by atoms with Gasteiger partial charge in [0.1, 0.15) is 0 Å². The number of fused-ring (bicyclic) bond motifs is 1. The average molecular weight is 465 g/mol. The van der Waals surface area contributed by atoms with Crippen molar-refractivity contribution in [2.24, 2.45) is 0 Å². The molecule has 6 nitrogen and oxygen atoms in total. The highest BCUT2D eigenvalue weighted by Crippen LogP contribution is 2.52. The topological polar surface area (TPSA) is 73.9 Å². The molecule has 0 unspecified atom stereocenters. The van der Waals surface area contributed by atoms with Crippen molar-refractivity contribution in [3.05, 3.63) is 77.4 Å². The van der Waals surface area contributed by atoms with Crippen molar-refractivity contribution in [1.29, 1.82) is 0 Å². The first-order chi connectivity index (χ1) is 16.2. The predicted octanol–water partition coefficient (Wildman–Crippen LogP) is 5.44. The quantitative estimate of drug-likeness (QED) is 0.508. The molecule has 1 heterocycles. The summed E-state index contributed by atoms with van der Waals surface area (Å²) in [5, 5.41) is 2.96. The fraction of sp³-hybridized carbons (Fsp3) is 0.231. The Bertz CT molecular complexity index is 1320. The van der Waals surface area contributed by atoms with E-state index in [1.54, 1.807) is 30.3 Å². The predicted molar refractivity (Wildman–Crippen MR) is 120 cm³/mol. The number of hydrogen-bond acceptors (Lipinski definition) is 5. The first kappa shape index (κ1) is 21.9. The SMILES string of the molecule is COC(=O)c1cccc(-c2cc(NC(=O)C3(c4ccc5c(c4)OC(F)(F)O5)CC3)ccc2C)c1. The maximum atomic E-state index is 13.4. The molecule has 0 spiro atoms. The van der Waals surface area contributed by atoms with Crippen LogP contribution in [-0.2, 0) is 14.9 Å². The van der Waals surface area contributed by atoms with Gasteiger partial charge < -0.3 is 19.5 Å². The van der Waals surface area contributed by atoms with Crippen LogP contribution in [0.5, 0.6) is 11.5 Å². The van der Waals surface area contributed by atoms with E-state index in [1.807, 2.05) is 25.1 Å². The van der Waals surface area contributed by atoms with Crippen molar-refractivity contribution in [2.45, 2.75) is 31.5 Å². The molecule has 1 saturated carbocycles. The minimum absolute atomic E-state index is 0.0534. The van der Waals surface area contributed by atoms with Gasteiger partial charge in [-0.05, 0) is 78.4 Å². The van der Waals surface area contributed by atoms with Crippen LogP contribution >= 0.6 is 0 Å². The lowest BCUT2D eigenvalue weighted by atomic mass is 9.94. The van der Waals surface area contributed by atoms with E-state index < -0.39 is 17.7 Å². The van der Waals surface area contributed by atoms with Gasteiger partial charge in [0, 0.05) is 5.69 Å². The number of amides is 1. The van der Waals surface area contributed by atoms with E-state index in [-0.39, 0.29) is 17.4 Å². The number of benzene rings is 3. The summed E-state index contributed by atoms with van der Waals surface area (Å²) >= 11 is 0. The Kier molecular flexibility index (Phi) is 5.04. The van der Waals surface area contributed by atoms with E-state index >= 15 is 0 Å². The second-order valence-corrected chi connectivity index (χ2v) is 8.47. The standard InChI is InChI=1S/C26H21F2NO5/c1-15-6-8-19(14-20(15)16-4-3-5-17(12-16)23(30)32-2)29-24(31)25(10-11-25)18-7-9-21-22(13-18)34-26(27,28)33-21/h3-9,12-14H,10-11H2,1-2H3,(H,29,31). The first-order valence-corrected chi connectivity index (χ1v) is 10.7. The monoisotopic (exact) mass is 465 g/mol. The van der Waals surface area contributed by atoms with Crippen LogP contribution in [-0.4, -0.2) is 25.3 Å². The number of methoxy groups -OCH3 is 1. The van der Waals surface area contributed by atoms with Crippen LogP contribution < -0.4 is 14.8 Å². The van der Waals surface area contributed by atoms with E-state index in [0.717, 1.165) is 16.7 Å². The molecule has 3 aromatic rings. The normalized spacial score (nSPS) is 16.6. The zero-order valence-electron chi connectivity index (χ0n) is 18.5. The summed E-state index contributed by atoms with van der Waals surface area (Å²) in [5.41, 5.74) is 3.45. The Morgan fingerprint density at radius 1 is 0.971 bits per heavy atom. The van der Waals surface area contributed by atoms with Crippen molar-refractivity contribution in [3.8, 4) is 22.6 Å². The Morgan fingerprint density at radius 2 is 1.74 bits per heavy atom. The summed E-state index contributed by atoms with van der Waals surface area (Å²) in [6.07, 6.45) is -2.52. The second kappa shape index (κ2) is 7.83. The van der Waals surface area contributed by atoms with Gasteiger partial charge in [-0.1, -0.05) is 24.3 Å². The molecule has 0 atom stereocenters. The number of nitrogens with one attached hydrogen (secondary N) is 1. The summed E-state index contributed by atoms with van der Waals surface area (Å²) in [6.45, 7) is 1.94. The van der Waals surface area contributed by atoms with Crippen molar-refractivity contribution in [3.63, 3.8) is 0 Å². The van der Waals surface area contributed by atoms with Crippen molar-refractivity contribution >= 4 is 17.6 Å². The number of hydrogen-bond donors (Lipinski definition) is 1. The molecule has 174 valence electrons.